The summed E-state index contributed by atoms with van der Waals surface area (Å²) < 4.78 is 10.3. The minimum absolute atomic E-state index is 0.179. The first kappa shape index (κ1) is 19.0. The lowest BCUT2D eigenvalue weighted by Gasteiger charge is -2.09. The molecule has 0 saturated carbocycles. The van der Waals surface area contributed by atoms with Crippen LogP contribution < -0.4 is 25.6 Å². The predicted octanol–water partition coefficient (Wildman–Crippen LogP) is 0.389. The van der Waals surface area contributed by atoms with E-state index in [0.717, 1.165) is 0 Å². The van der Waals surface area contributed by atoms with Gasteiger partial charge in [0, 0.05) is 23.7 Å². The molecule has 8 heteroatoms. The highest BCUT2D eigenvalue weighted by Crippen LogP contribution is 2.25. The van der Waals surface area contributed by atoms with E-state index in [1.165, 1.54) is 26.4 Å². The molecule has 0 fully saturated rings. The van der Waals surface area contributed by atoms with Gasteiger partial charge < -0.3 is 14.8 Å². The molecule has 0 unspecified atom stereocenters. The van der Waals surface area contributed by atoms with Gasteiger partial charge in [-0.15, -0.1) is 0 Å². The van der Waals surface area contributed by atoms with Crippen molar-refractivity contribution in [1.29, 1.82) is 0 Å². The first-order valence-electron chi connectivity index (χ1n) is 7.18. The molecule has 0 aliphatic heterocycles. The summed E-state index contributed by atoms with van der Waals surface area (Å²) in [6.45, 7) is 3.43. The SMILES string of the molecule is COc1ccc(/C=C/C(=O)NNC(=O)C(=O)NC(C)C)c(OC)c1. The van der Waals surface area contributed by atoms with Crippen molar-refractivity contribution in [3.63, 3.8) is 0 Å². The van der Waals surface area contributed by atoms with Gasteiger partial charge >= 0.3 is 11.8 Å². The molecule has 0 aliphatic rings. The Bertz CT molecular complexity index is 641. The van der Waals surface area contributed by atoms with Crippen LogP contribution >= 0.6 is 0 Å². The monoisotopic (exact) mass is 335 g/mol. The van der Waals surface area contributed by atoms with Crippen molar-refractivity contribution in [3.05, 3.63) is 29.8 Å². The van der Waals surface area contributed by atoms with E-state index in [2.05, 4.69) is 10.7 Å². The lowest BCUT2D eigenvalue weighted by molar-refractivity contribution is -0.140. The zero-order valence-corrected chi connectivity index (χ0v) is 14.0. The fourth-order valence-electron chi connectivity index (χ4n) is 1.67. The molecule has 1 aromatic rings. The normalized spacial score (nSPS) is 10.4. The average Bonchev–Trinajstić information content (AvgIpc) is 2.56. The number of carbonyl (C=O) groups excluding carboxylic acids is 3. The molecule has 130 valence electrons. The molecule has 3 N–H and O–H groups in total. The highest BCUT2D eigenvalue weighted by Gasteiger charge is 2.14. The van der Waals surface area contributed by atoms with Gasteiger partial charge in [-0.2, -0.15) is 0 Å². The summed E-state index contributed by atoms with van der Waals surface area (Å²) in [5, 5.41) is 2.40. The number of ether oxygens (including phenoxy) is 2. The van der Waals surface area contributed by atoms with Gasteiger partial charge in [0.05, 0.1) is 14.2 Å². The highest BCUT2D eigenvalue weighted by atomic mass is 16.5. The predicted molar refractivity (Wildman–Crippen MR) is 88.1 cm³/mol. The third-order valence-corrected chi connectivity index (χ3v) is 2.78. The van der Waals surface area contributed by atoms with E-state index in [-0.39, 0.29) is 6.04 Å². The van der Waals surface area contributed by atoms with Crippen LogP contribution in [0, 0.1) is 0 Å². The number of carbonyl (C=O) groups is 3. The van der Waals surface area contributed by atoms with Gasteiger partial charge in [-0.1, -0.05) is 0 Å². The van der Waals surface area contributed by atoms with Crippen LogP contribution in [0.3, 0.4) is 0 Å². The molecule has 24 heavy (non-hydrogen) atoms. The lowest BCUT2D eigenvalue weighted by atomic mass is 10.1. The van der Waals surface area contributed by atoms with Gasteiger partial charge in [-0.3, -0.25) is 25.2 Å². The summed E-state index contributed by atoms with van der Waals surface area (Å²) in [7, 11) is 3.04. The Hall–Kier alpha value is -3.03. The van der Waals surface area contributed by atoms with Crippen molar-refractivity contribution in [3.8, 4) is 11.5 Å². The molecule has 0 saturated heterocycles. The molecule has 0 aromatic heterocycles. The molecular formula is C16H21N3O5. The smallest absolute Gasteiger partial charge is 0.327 e. The Morgan fingerprint density at radius 1 is 1.04 bits per heavy atom. The summed E-state index contributed by atoms with van der Waals surface area (Å²) in [5.74, 6) is -1.23. The summed E-state index contributed by atoms with van der Waals surface area (Å²) in [6.07, 6.45) is 2.71. The molecule has 0 atom stereocenters. The number of benzene rings is 1. The maximum atomic E-state index is 11.7. The number of rotatable bonds is 5. The van der Waals surface area contributed by atoms with Crippen LogP contribution in [-0.4, -0.2) is 38.0 Å². The minimum atomic E-state index is -0.951. The molecular weight excluding hydrogens is 314 g/mol. The second-order valence-corrected chi connectivity index (χ2v) is 5.01. The molecule has 3 amide bonds. The van der Waals surface area contributed by atoms with Crippen LogP contribution in [0.5, 0.6) is 11.5 Å². The van der Waals surface area contributed by atoms with Crippen molar-refractivity contribution in [2.45, 2.75) is 19.9 Å². The van der Waals surface area contributed by atoms with Crippen LogP contribution in [-0.2, 0) is 14.4 Å². The molecule has 0 spiro atoms. The van der Waals surface area contributed by atoms with E-state index < -0.39 is 17.7 Å². The number of amides is 3. The van der Waals surface area contributed by atoms with E-state index in [4.69, 9.17) is 9.47 Å². The van der Waals surface area contributed by atoms with E-state index in [1.54, 1.807) is 32.0 Å². The largest absolute Gasteiger partial charge is 0.497 e. The van der Waals surface area contributed by atoms with Gasteiger partial charge in [0.1, 0.15) is 11.5 Å². The molecule has 0 bridgehead atoms. The number of hydrogen-bond acceptors (Lipinski definition) is 5. The summed E-state index contributed by atoms with van der Waals surface area (Å²) in [4.78, 5) is 34.5. The van der Waals surface area contributed by atoms with Gasteiger partial charge in [0.2, 0.25) is 0 Å². The summed E-state index contributed by atoms with van der Waals surface area (Å²) in [5.41, 5.74) is 4.78. The lowest BCUT2D eigenvalue weighted by Crippen LogP contribution is -2.49. The van der Waals surface area contributed by atoms with Gasteiger partial charge in [-0.25, -0.2) is 0 Å². The second-order valence-electron chi connectivity index (χ2n) is 5.01. The highest BCUT2D eigenvalue weighted by molar-refractivity contribution is 6.35. The second kappa shape index (κ2) is 9.19. The van der Waals surface area contributed by atoms with Crippen LogP contribution in [0.4, 0.5) is 0 Å². The zero-order chi connectivity index (χ0) is 18.1. The van der Waals surface area contributed by atoms with Crippen molar-refractivity contribution < 1.29 is 23.9 Å². The number of methoxy groups -OCH3 is 2. The third kappa shape index (κ3) is 5.99. The van der Waals surface area contributed by atoms with Crippen LogP contribution in [0.15, 0.2) is 24.3 Å². The first-order valence-corrected chi connectivity index (χ1v) is 7.18. The molecule has 1 rings (SSSR count). The van der Waals surface area contributed by atoms with Gasteiger partial charge in [0.15, 0.2) is 0 Å². The molecule has 0 aliphatic carbocycles. The minimum Gasteiger partial charge on any atom is -0.497 e. The number of nitrogens with one attached hydrogen (secondary N) is 3. The van der Waals surface area contributed by atoms with Crippen molar-refractivity contribution in [1.82, 2.24) is 16.2 Å². The van der Waals surface area contributed by atoms with E-state index >= 15 is 0 Å². The molecule has 8 nitrogen and oxygen atoms in total. The zero-order valence-electron chi connectivity index (χ0n) is 14.0. The Kier molecular flexibility index (Phi) is 7.28. The third-order valence-electron chi connectivity index (χ3n) is 2.78. The van der Waals surface area contributed by atoms with Gasteiger partial charge in [0.25, 0.3) is 5.91 Å². The molecule has 0 radical (unpaired) electrons. The van der Waals surface area contributed by atoms with Crippen molar-refractivity contribution in [2.75, 3.05) is 14.2 Å². The first-order chi connectivity index (χ1) is 11.4. The summed E-state index contributed by atoms with van der Waals surface area (Å²) >= 11 is 0. The van der Waals surface area contributed by atoms with E-state index in [1.807, 2.05) is 5.43 Å². The Labute approximate surface area is 140 Å². The molecule has 0 heterocycles. The van der Waals surface area contributed by atoms with Crippen molar-refractivity contribution >= 4 is 23.8 Å². The van der Waals surface area contributed by atoms with Crippen LogP contribution in [0.1, 0.15) is 19.4 Å². The van der Waals surface area contributed by atoms with E-state index in [0.29, 0.717) is 17.1 Å². The number of hydrogen-bond donors (Lipinski definition) is 3. The topological polar surface area (TPSA) is 106 Å². The Morgan fingerprint density at radius 2 is 1.75 bits per heavy atom. The van der Waals surface area contributed by atoms with Crippen LogP contribution in [0.25, 0.3) is 6.08 Å². The fraction of sp³-hybridized carbons (Fsp3) is 0.312. The summed E-state index contributed by atoms with van der Waals surface area (Å²) in [6, 6.07) is 4.94. The standard InChI is InChI=1S/C16H21N3O5/c1-10(2)17-15(21)16(22)19-18-14(20)8-6-11-5-7-12(23-3)9-13(11)24-4/h5-10H,1-4H3,(H,17,21)(H,18,20)(H,19,22)/b8-6+. The molecule has 1 aromatic carbocycles. The van der Waals surface area contributed by atoms with Crippen molar-refractivity contribution in [2.24, 2.45) is 0 Å². The maximum absolute atomic E-state index is 11.7. The quantitative estimate of drug-likeness (QED) is 0.410. The number of hydrazine groups is 1. The fourth-order valence-corrected chi connectivity index (χ4v) is 1.67. The Balaban J connectivity index is 2.60. The average molecular weight is 335 g/mol. The van der Waals surface area contributed by atoms with Crippen LogP contribution in [0.2, 0.25) is 0 Å². The maximum Gasteiger partial charge on any atom is 0.327 e. The van der Waals surface area contributed by atoms with E-state index in [9.17, 15) is 14.4 Å². The Morgan fingerprint density at radius 3 is 2.33 bits per heavy atom. The van der Waals surface area contributed by atoms with Gasteiger partial charge in [-0.05, 0) is 32.1 Å².